The molecule has 3 aromatic rings. The zero-order valence-corrected chi connectivity index (χ0v) is 18.7. The van der Waals surface area contributed by atoms with E-state index < -0.39 is 0 Å². The third kappa shape index (κ3) is 5.34. The fraction of sp³-hybridized carbons (Fsp3) is 0.182. The molecule has 0 aliphatic heterocycles. The number of anilines is 1. The third-order valence-electron chi connectivity index (χ3n) is 4.27. The molecule has 0 saturated heterocycles. The second kappa shape index (κ2) is 9.55. The van der Waals surface area contributed by atoms with E-state index in [-0.39, 0.29) is 0 Å². The van der Waals surface area contributed by atoms with E-state index in [2.05, 4.69) is 21.2 Å². The summed E-state index contributed by atoms with van der Waals surface area (Å²) >= 11 is 15.9. The van der Waals surface area contributed by atoms with Gasteiger partial charge in [-0.2, -0.15) is 0 Å². The Hall–Kier alpha value is -1.88. The topological polar surface area (TPSA) is 30.5 Å². The van der Waals surface area contributed by atoms with Crippen molar-refractivity contribution in [3.8, 4) is 11.5 Å². The smallest absolute Gasteiger partial charge is 0.162 e. The minimum Gasteiger partial charge on any atom is -0.493 e. The second-order valence-electron chi connectivity index (χ2n) is 6.33. The maximum atomic E-state index is 6.20. The molecule has 0 aromatic heterocycles. The lowest BCUT2D eigenvalue weighted by Crippen LogP contribution is -2.03. The fourth-order valence-corrected chi connectivity index (χ4v) is 3.53. The Morgan fingerprint density at radius 2 is 1.82 bits per heavy atom. The highest BCUT2D eigenvalue weighted by atomic mass is 79.9. The predicted molar refractivity (Wildman–Crippen MR) is 120 cm³/mol. The van der Waals surface area contributed by atoms with Gasteiger partial charge >= 0.3 is 0 Å². The van der Waals surface area contributed by atoms with Gasteiger partial charge in [-0.25, -0.2) is 0 Å². The van der Waals surface area contributed by atoms with Crippen molar-refractivity contribution >= 4 is 44.8 Å². The molecule has 0 heterocycles. The van der Waals surface area contributed by atoms with Gasteiger partial charge < -0.3 is 14.8 Å². The van der Waals surface area contributed by atoms with Gasteiger partial charge in [-0.1, -0.05) is 57.3 Å². The molecule has 1 N–H and O–H groups in total. The van der Waals surface area contributed by atoms with Crippen LogP contribution in [-0.4, -0.2) is 7.11 Å². The Labute approximate surface area is 183 Å². The van der Waals surface area contributed by atoms with Crippen LogP contribution in [0.3, 0.4) is 0 Å². The van der Waals surface area contributed by atoms with Crippen molar-refractivity contribution in [3.63, 3.8) is 0 Å². The minimum absolute atomic E-state index is 0.406. The Morgan fingerprint density at radius 3 is 2.54 bits per heavy atom. The average Bonchev–Trinajstić information content (AvgIpc) is 2.68. The molecule has 0 saturated carbocycles. The van der Waals surface area contributed by atoms with Crippen LogP contribution in [0, 0.1) is 6.92 Å². The zero-order chi connectivity index (χ0) is 20.1. The lowest BCUT2D eigenvalue weighted by atomic mass is 10.1. The van der Waals surface area contributed by atoms with E-state index in [0.29, 0.717) is 29.7 Å². The summed E-state index contributed by atoms with van der Waals surface area (Å²) in [6.45, 7) is 3.00. The van der Waals surface area contributed by atoms with Gasteiger partial charge in [0.15, 0.2) is 11.5 Å². The van der Waals surface area contributed by atoms with Crippen molar-refractivity contribution in [3.05, 3.63) is 85.8 Å². The summed E-state index contributed by atoms with van der Waals surface area (Å²) in [5.41, 5.74) is 4.05. The van der Waals surface area contributed by atoms with Crippen LogP contribution in [0.25, 0.3) is 0 Å². The maximum absolute atomic E-state index is 6.20. The first-order valence-electron chi connectivity index (χ1n) is 8.70. The highest BCUT2D eigenvalue weighted by molar-refractivity contribution is 9.10. The van der Waals surface area contributed by atoms with Crippen molar-refractivity contribution in [2.45, 2.75) is 20.1 Å². The van der Waals surface area contributed by atoms with E-state index in [9.17, 15) is 0 Å². The number of ether oxygens (including phenoxy) is 2. The Bertz CT molecular complexity index is 979. The molecule has 0 bridgehead atoms. The normalized spacial score (nSPS) is 10.6. The molecule has 6 heteroatoms. The first-order chi connectivity index (χ1) is 13.5. The first-order valence-corrected chi connectivity index (χ1v) is 10.2. The number of aryl methyl sites for hydroxylation is 1. The predicted octanol–water partition coefficient (Wildman–Crippen LogP) is 7.26. The second-order valence-corrected chi connectivity index (χ2v) is 8.03. The summed E-state index contributed by atoms with van der Waals surface area (Å²) in [5, 5.41) is 4.81. The molecule has 0 aliphatic rings. The average molecular weight is 481 g/mol. The van der Waals surface area contributed by atoms with Crippen LogP contribution in [0.2, 0.25) is 10.0 Å². The number of nitrogens with one attached hydrogen (secondary N) is 1. The molecule has 146 valence electrons. The van der Waals surface area contributed by atoms with Crippen molar-refractivity contribution in [2.24, 2.45) is 0 Å². The largest absolute Gasteiger partial charge is 0.493 e. The van der Waals surface area contributed by atoms with Crippen molar-refractivity contribution in [1.82, 2.24) is 0 Å². The standard InChI is InChI=1S/C22H20BrCl2NO2/c1-14-6-7-18(10-20(14)25)26-12-16-9-21(27-2)22(11-19(16)23)28-13-15-4-3-5-17(24)8-15/h3-11,26H,12-13H2,1-2H3. The lowest BCUT2D eigenvalue weighted by Gasteiger charge is -2.15. The molecule has 0 unspecified atom stereocenters. The monoisotopic (exact) mass is 479 g/mol. The summed E-state index contributed by atoms with van der Waals surface area (Å²) in [5.74, 6) is 1.33. The van der Waals surface area contributed by atoms with Gasteiger partial charge in [0.05, 0.1) is 7.11 Å². The van der Waals surface area contributed by atoms with Gasteiger partial charge in [0.2, 0.25) is 0 Å². The van der Waals surface area contributed by atoms with Crippen molar-refractivity contribution in [1.29, 1.82) is 0 Å². The van der Waals surface area contributed by atoms with Gasteiger partial charge in [0, 0.05) is 26.8 Å². The summed E-state index contributed by atoms with van der Waals surface area (Å²) in [6, 6.07) is 17.4. The van der Waals surface area contributed by atoms with Crippen LogP contribution in [0.1, 0.15) is 16.7 Å². The molecule has 0 spiro atoms. The van der Waals surface area contributed by atoms with Crippen LogP contribution in [0.4, 0.5) is 5.69 Å². The molecule has 3 nitrogen and oxygen atoms in total. The maximum Gasteiger partial charge on any atom is 0.162 e. The highest BCUT2D eigenvalue weighted by Crippen LogP contribution is 2.34. The molecule has 0 radical (unpaired) electrons. The van der Waals surface area contributed by atoms with Crippen LogP contribution in [0.15, 0.2) is 59.1 Å². The van der Waals surface area contributed by atoms with E-state index in [4.69, 9.17) is 32.7 Å². The quantitative estimate of drug-likeness (QED) is 0.385. The fourth-order valence-electron chi connectivity index (χ4n) is 2.67. The SMILES string of the molecule is COc1cc(CNc2ccc(C)c(Cl)c2)c(Br)cc1OCc1cccc(Cl)c1. The molecule has 0 fully saturated rings. The van der Waals surface area contributed by atoms with Gasteiger partial charge in [0.25, 0.3) is 0 Å². The van der Waals surface area contributed by atoms with E-state index in [1.54, 1.807) is 7.11 Å². The number of benzene rings is 3. The third-order valence-corrected chi connectivity index (χ3v) is 5.65. The highest BCUT2D eigenvalue weighted by Gasteiger charge is 2.11. The van der Waals surface area contributed by atoms with Crippen LogP contribution in [0.5, 0.6) is 11.5 Å². The molecule has 0 amide bonds. The van der Waals surface area contributed by atoms with Crippen molar-refractivity contribution in [2.75, 3.05) is 12.4 Å². The number of halogens is 3. The summed E-state index contributed by atoms with van der Waals surface area (Å²) in [4.78, 5) is 0. The first kappa shape index (κ1) is 20.8. The Balaban J connectivity index is 1.72. The van der Waals surface area contributed by atoms with E-state index in [0.717, 1.165) is 31.9 Å². The van der Waals surface area contributed by atoms with Crippen LogP contribution >= 0.6 is 39.1 Å². The van der Waals surface area contributed by atoms with Gasteiger partial charge in [-0.3, -0.25) is 0 Å². The molecule has 28 heavy (non-hydrogen) atoms. The molecule has 3 rings (SSSR count). The number of methoxy groups -OCH3 is 1. The summed E-state index contributed by atoms with van der Waals surface area (Å²) < 4.78 is 12.4. The Kier molecular flexibility index (Phi) is 7.11. The van der Waals surface area contributed by atoms with Gasteiger partial charge in [-0.15, -0.1) is 0 Å². The Morgan fingerprint density at radius 1 is 1.00 bits per heavy atom. The zero-order valence-electron chi connectivity index (χ0n) is 15.6. The molecule has 3 aromatic carbocycles. The number of hydrogen-bond acceptors (Lipinski definition) is 3. The summed E-state index contributed by atoms with van der Waals surface area (Å²) in [6.07, 6.45) is 0. The number of hydrogen-bond donors (Lipinski definition) is 1. The summed E-state index contributed by atoms with van der Waals surface area (Å²) in [7, 11) is 1.63. The van der Waals surface area contributed by atoms with Gasteiger partial charge in [0.1, 0.15) is 6.61 Å². The van der Waals surface area contributed by atoms with E-state index in [1.807, 2.05) is 61.5 Å². The van der Waals surface area contributed by atoms with Crippen LogP contribution in [-0.2, 0) is 13.2 Å². The van der Waals surface area contributed by atoms with E-state index >= 15 is 0 Å². The van der Waals surface area contributed by atoms with E-state index in [1.165, 1.54) is 0 Å². The lowest BCUT2D eigenvalue weighted by molar-refractivity contribution is 0.284. The minimum atomic E-state index is 0.406. The van der Waals surface area contributed by atoms with Gasteiger partial charge in [-0.05, 0) is 60.0 Å². The van der Waals surface area contributed by atoms with Crippen LogP contribution < -0.4 is 14.8 Å². The molecular formula is C22H20BrCl2NO2. The number of rotatable bonds is 7. The molecule has 0 aliphatic carbocycles. The molecule has 0 atom stereocenters. The molecular weight excluding hydrogens is 461 g/mol. The van der Waals surface area contributed by atoms with Crippen molar-refractivity contribution < 1.29 is 9.47 Å².